The normalized spacial score (nSPS) is 11.4. The van der Waals surface area contributed by atoms with Crippen LogP contribution < -0.4 is 9.80 Å². The van der Waals surface area contributed by atoms with Gasteiger partial charge in [-0.15, -0.1) is 0 Å². The van der Waals surface area contributed by atoms with Crippen molar-refractivity contribution in [3.8, 4) is 0 Å². The van der Waals surface area contributed by atoms with Crippen LogP contribution in [-0.4, -0.2) is 0 Å². The van der Waals surface area contributed by atoms with Gasteiger partial charge < -0.3 is 9.80 Å². The molecule has 0 aliphatic rings. The van der Waals surface area contributed by atoms with E-state index in [1.165, 1.54) is 55.9 Å². The smallest absolute Gasteiger partial charge is 0.0464 e. The number of para-hydroxylation sites is 2. The van der Waals surface area contributed by atoms with Crippen LogP contribution in [0, 0.1) is 0 Å². The first-order chi connectivity index (χ1) is 27.6. The molecular formula is C54H52N2. The Morgan fingerprint density at radius 2 is 0.554 bits per heavy atom. The highest BCUT2D eigenvalue weighted by Crippen LogP contribution is 2.37. The summed E-state index contributed by atoms with van der Waals surface area (Å²) >= 11 is 0. The summed E-state index contributed by atoms with van der Waals surface area (Å²) in [4.78, 5) is 4.69. The molecule has 2 heteroatoms. The van der Waals surface area contributed by atoms with E-state index in [9.17, 15) is 0 Å². The fraction of sp³-hybridized carbons (Fsp3) is 0.148. The molecule has 0 radical (unpaired) electrons. The van der Waals surface area contributed by atoms with E-state index in [4.69, 9.17) is 0 Å². The van der Waals surface area contributed by atoms with Gasteiger partial charge in [-0.3, -0.25) is 0 Å². The number of benzene rings is 7. The summed E-state index contributed by atoms with van der Waals surface area (Å²) in [6.07, 6.45) is 12.9. The van der Waals surface area contributed by atoms with Crippen LogP contribution in [0.3, 0.4) is 0 Å². The summed E-state index contributed by atoms with van der Waals surface area (Å²) in [5.41, 5.74) is 17.3. The predicted octanol–water partition coefficient (Wildman–Crippen LogP) is 15.2. The van der Waals surface area contributed by atoms with E-state index < -0.39 is 0 Å². The molecule has 7 aromatic carbocycles. The SMILES string of the molecule is CCc1ccc(N(c2ccccc2)c2ccc(/C=C/c3ccc(/C=C/c4ccc(N(c5ccccc5)c5ccc(CC)c(CC)c5)cc4)cc3)cc2)cc1CC. The van der Waals surface area contributed by atoms with E-state index in [1.807, 2.05) is 0 Å². The van der Waals surface area contributed by atoms with Crippen molar-refractivity contribution in [2.45, 2.75) is 53.4 Å². The second-order valence-corrected chi connectivity index (χ2v) is 14.2. The zero-order valence-electron chi connectivity index (χ0n) is 33.2. The largest absolute Gasteiger partial charge is 0.310 e. The lowest BCUT2D eigenvalue weighted by Crippen LogP contribution is -2.10. The molecule has 0 unspecified atom stereocenters. The first kappa shape index (κ1) is 37.9. The van der Waals surface area contributed by atoms with Crippen LogP contribution in [0.2, 0.25) is 0 Å². The van der Waals surface area contributed by atoms with Crippen molar-refractivity contribution in [1.82, 2.24) is 0 Å². The minimum atomic E-state index is 1.03. The lowest BCUT2D eigenvalue weighted by molar-refractivity contribution is 1.03. The molecule has 0 heterocycles. The molecule has 0 saturated heterocycles. The summed E-state index contributed by atoms with van der Waals surface area (Å²) in [5.74, 6) is 0. The Bertz CT molecular complexity index is 2200. The maximum absolute atomic E-state index is 2.35. The standard InChI is InChI=1S/C54H52N2/c1-5-45-31-37-53(39-47(45)7-3)55(49-15-11-9-12-16-49)51-33-27-43(28-34-51)25-23-41-19-21-42(22-20-41)24-26-44-29-35-52(36-30-44)56(50-17-13-10-14-18-50)54-38-32-46(6-2)48(8-4)40-54/h9-40H,5-8H2,1-4H3/b25-23+,26-24+. The first-order valence-corrected chi connectivity index (χ1v) is 20.2. The Morgan fingerprint density at radius 3 is 0.857 bits per heavy atom. The Hall–Kier alpha value is -6.38. The minimum absolute atomic E-state index is 1.03. The molecule has 56 heavy (non-hydrogen) atoms. The second-order valence-electron chi connectivity index (χ2n) is 14.2. The number of rotatable bonds is 14. The van der Waals surface area contributed by atoms with Gasteiger partial charge in [-0.05, 0) is 143 Å². The maximum Gasteiger partial charge on any atom is 0.0464 e. The fourth-order valence-electron chi connectivity index (χ4n) is 7.47. The third-order valence-corrected chi connectivity index (χ3v) is 10.6. The number of hydrogen-bond donors (Lipinski definition) is 0. The van der Waals surface area contributed by atoms with Crippen LogP contribution in [0.25, 0.3) is 24.3 Å². The Kier molecular flexibility index (Phi) is 12.4. The number of aryl methyl sites for hydroxylation is 4. The molecule has 0 aliphatic heterocycles. The van der Waals surface area contributed by atoms with Gasteiger partial charge in [0.2, 0.25) is 0 Å². The van der Waals surface area contributed by atoms with E-state index >= 15 is 0 Å². The molecule has 0 atom stereocenters. The average Bonchev–Trinajstić information content (AvgIpc) is 3.27. The van der Waals surface area contributed by atoms with Crippen molar-refractivity contribution < 1.29 is 0 Å². The topological polar surface area (TPSA) is 6.48 Å². The predicted molar refractivity (Wildman–Crippen MR) is 244 cm³/mol. The third-order valence-electron chi connectivity index (χ3n) is 10.6. The van der Waals surface area contributed by atoms with Crippen LogP contribution >= 0.6 is 0 Å². The van der Waals surface area contributed by atoms with Gasteiger partial charge in [-0.1, -0.05) is 149 Å². The number of hydrogen-bond acceptors (Lipinski definition) is 2. The molecule has 0 aliphatic carbocycles. The van der Waals surface area contributed by atoms with E-state index in [1.54, 1.807) is 0 Å². The summed E-state index contributed by atoms with van der Waals surface area (Å²) in [5, 5.41) is 0. The van der Waals surface area contributed by atoms with Crippen molar-refractivity contribution in [3.05, 3.63) is 214 Å². The molecule has 7 rings (SSSR count). The molecule has 0 amide bonds. The molecule has 278 valence electrons. The van der Waals surface area contributed by atoms with E-state index in [-0.39, 0.29) is 0 Å². The molecular weight excluding hydrogens is 677 g/mol. The minimum Gasteiger partial charge on any atom is -0.310 e. The van der Waals surface area contributed by atoms with Gasteiger partial charge in [-0.25, -0.2) is 0 Å². The molecule has 0 aromatic heterocycles. The summed E-state index contributed by atoms with van der Waals surface area (Å²) in [6, 6.07) is 61.5. The van der Waals surface area contributed by atoms with E-state index in [0.717, 1.165) is 48.4 Å². The highest BCUT2D eigenvalue weighted by Gasteiger charge is 2.15. The zero-order valence-corrected chi connectivity index (χ0v) is 33.2. The van der Waals surface area contributed by atoms with Crippen molar-refractivity contribution >= 4 is 58.4 Å². The van der Waals surface area contributed by atoms with Crippen LogP contribution in [0.1, 0.15) is 72.2 Å². The van der Waals surface area contributed by atoms with E-state index in [2.05, 4.69) is 232 Å². The average molecular weight is 729 g/mol. The maximum atomic E-state index is 2.35. The van der Waals surface area contributed by atoms with Gasteiger partial charge in [0.15, 0.2) is 0 Å². The van der Waals surface area contributed by atoms with Gasteiger partial charge in [0.1, 0.15) is 0 Å². The summed E-state index contributed by atoms with van der Waals surface area (Å²) in [6.45, 7) is 8.95. The molecule has 7 aromatic rings. The van der Waals surface area contributed by atoms with Gasteiger partial charge in [0, 0.05) is 34.1 Å². The van der Waals surface area contributed by atoms with Crippen molar-refractivity contribution in [1.29, 1.82) is 0 Å². The Morgan fingerprint density at radius 1 is 0.286 bits per heavy atom. The molecule has 0 saturated carbocycles. The van der Waals surface area contributed by atoms with E-state index in [0.29, 0.717) is 0 Å². The molecule has 0 fully saturated rings. The fourth-order valence-corrected chi connectivity index (χ4v) is 7.47. The van der Waals surface area contributed by atoms with Crippen LogP contribution in [-0.2, 0) is 25.7 Å². The van der Waals surface area contributed by atoms with Gasteiger partial charge >= 0.3 is 0 Å². The van der Waals surface area contributed by atoms with Gasteiger partial charge in [-0.2, -0.15) is 0 Å². The lowest BCUT2D eigenvalue weighted by Gasteiger charge is -2.26. The Labute approximate surface area is 334 Å². The van der Waals surface area contributed by atoms with Crippen molar-refractivity contribution in [2.75, 3.05) is 9.80 Å². The zero-order chi connectivity index (χ0) is 38.7. The van der Waals surface area contributed by atoms with Crippen LogP contribution in [0.5, 0.6) is 0 Å². The summed E-state index contributed by atoms with van der Waals surface area (Å²) in [7, 11) is 0. The van der Waals surface area contributed by atoms with Crippen molar-refractivity contribution in [2.24, 2.45) is 0 Å². The third kappa shape index (κ3) is 8.94. The van der Waals surface area contributed by atoms with Crippen LogP contribution in [0.4, 0.5) is 34.1 Å². The van der Waals surface area contributed by atoms with Gasteiger partial charge in [0.25, 0.3) is 0 Å². The first-order valence-electron chi connectivity index (χ1n) is 20.2. The monoisotopic (exact) mass is 728 g/mol. The summed E-state index contributed by atoms with van der Waals surface area (Å²) < 4.78 is 0. The lowest BCUT2D eigenvalue weighted by atomic mass is 10.0. The number of anilines is 6. The molecule has 0 N–H and O–H groups in total. The van der Waals surface area contributed by atoms with Crippen molar-refractivity contribution in [3.63, 3.8) is 0 Å². The molecule has 0 spiro atoms. The highest BCUT2D eigenvalue weighted by atomic mass is 15.1. The highest BCUT2D eigenvalue weighted by molar-refractivity contribution is 5.80. The number of nitrogens with zero attached hydrogens (tertiary/aromatic N) is 2. The molecule has 0 bridgehead atoms. The van der Waals surface area contributed by atoms with Gasteiger partial charge in [0.05, 0.1) is 0 Å². The quantitative estimate of drug-likeness (QED) is 0.103. The second kappa shape index (κ2) is 18.3. The Balaban J connectivity index is 1.03. The molecule has 2 nitrogen and oxygen atoms in total. The van der Waals surface area contributed by atoms with Crippen LogP contribution in [0.15, 0.2) is 170 Å².